The second-order valence-electron chi connectivity index (χ2n) is 5.27. The monoisotopic (exact) mass is 361 g/mol. The minimum Gasteiger partial charge on any atom is -0.496 e. The van der Waals surface area contributed by atoms with Gasteiger partial charge in [0, 0.05) is 10.0 Å². The molecule has 1 saturated heterocycles. The molecule has 2 N–H and O–H groups in total. The molecule has 1 aliphatic heterocycles. The first-order valence-electron chi connectivity index (χ1n) is 6.68. The lowest BCUT2D eigenvalue weighted by atomic mass is 9.98. The third-order valence-corrected chi connectivity index (χ3v) is 7.06. The van der Waals surface area contributed by atoms with Crippen LogP contribution in [0.2, 0.25) is 0 Å². The number of benzene rings is 1. The van der Waals surface area contributed by atoms with Gasteiger partial charge in [0.1, 0.15) is 5.75 Å². The zero-order valence-corrected chi connectivity index (χ0v) is 14.1. The molecule has 20 heavy (non-hydrogen) atoms. The van der Waals surface area contributed by atoms with Crippen molar-refractivity contribution >= 4 is 25.8 Å². The van der Waals surface area contributed by atoms with E-state index in [1.165, 1.54) is 0 Å². The minimum atomic E-state index is -3.11. The van der Waals surface area contributed by atoms with Crippen LogP contribution >= 0.6 is 15.9 Å². The first-order chi connectivity index (χ1) is 9.36. The molecule has 0 bridgehead atoms. The molecule has 0 saturated carbocycles. The van der Waals surface area contributed by atoms with Crippen LogP contribution in [0.3, 0.4) is 0 Å². The van der Waals surface area contributed by atoms with Crippen molar-refractivity contribution in [2.24, 2.45) is 5.73 Å². The van der Waals surface area contributed by atoms with Crippen LogP contribution in [-0.2, 0) is 9.84 Å². The molecule has 1 aromatic carbocycles. The lowest BCUT2D eigenvalue weighted by Crippen LogP contribution is -2.38. The van der Waals surface area contributed by atoms with Crippen molar-refractivity contribution in [3.8, 4) is 5.75 Å². The first-order valence-corrected chi connectivity index (χ1v) is 9.19. The average Bonchev–Trinajstić information content (AvgIpc) is 2.40. The maximum atomic E-state index is 12.2. The van der Waals surface area contributed by atoms with E-state index in [2.05, 4.69) is 15.9 Å². The van der Waals surface area contributed by atoms with Gasteiger partial charge in [0.15, 0.2) is 9.84 Å². The molecule has 1 heterocycles. The fourth-order valence-electron chi connectivity index (χ4n) is 2.69. The topological polar surface area (TPSA) is 69.4 Å². The molecule has 2 rings (SSSR count). The van der Waals surface area contributed by atoms with Gasteiger partial charge in [-0.05, 0) is 37.5 Å². The van der Waals surface area contributed by atoms with E-state index in [-0.39, 0.29) is 5.75 Å². The standard InChI is InChI=1S/C14H20BrNO3S/c1-9-7-12(19-2)10(8-11(9)15)14(16)13-5-3-4-6-20(13,17)18/h7-8,13-14H,3-6,16H2,1-2H3. The van der Waals surface area contributed by atoms with Crippen molar-refractivity contribution in [2.45, 2.75) is 37.5 Å². The molecule has 1 fully saturated rings. The van der Waals surface area contributed by atoms with Crippen LogP contribution in [0.15, 0.2) is 16.6 Å². The number of rotatable bonds is 3. The summed E-state index contributed by atoms with van der Waals surface area (Å²) in [5.74, 6) is 0.889. The molecule has 4 nitrogen and oxygen atoms in total. The van der Waals surface area contributed by atoms with E-state index < -0.39 is 21.1 Å². The Morgan fingerprint density at radius 1 is 1.40 bits per heavy atom. The molecule has 0 aliphatic carbocycles. The Labute approximate surface area is 128 Å². The van der Waals surface area contributed by atoms with Gasteiger partial charge in [-0.25, -0.2) is 8.42 Å². The third kappa shape index (κ3) is 3.02. The summed E-state index contributed by atoms with van der Waals surface area (Å²) < 4.78 is 30.7. The second-order valence-corrected chi connectivity index (χ2v) is 8.46. The largest absolute Gasteiger partial charge is 0.496 e. The number of hydrogen-bond acceptors (Lipinski definition) is 4. The molecule has 2 unspecified atom stereocenters. The Hall–Kier alpha value is -0.590. The summed E-state index contributed by atoms with van der Waals surface area (Å²) in [4.78, 5) is 0. The van der Waals surface area contributed by atoms with Gasteiger partial charge in [-0.2, -0.15) is 0 Å². The van der Waals surface area contributed by atoms with Crippen LogP contribution in [0, 0.1) is 6.92 Å². The average molecular weight is 362 g/mol. The Kier molecular flexibility index (Phi) is 4.76. The highest BCUT2D eigenvalue weighted by molar-refractivity contribution is 9.10. The van der Waals surface area contributed by atoms with Crippen molar-refractivity contribution in [1.82, 2.24) is 0 Å². The van der Waals surface area contributed by atoms with E-state index >= 15 is 0 Å². The molecule has 1 aromatic rings. The highest BCUT2D eigenvalue weighted by Crippen LogP contribution is 2.36. The van der Waals surface area contributed by atoms with Gasteiger partial charge in [-0.15, -0.1) is 0 Å². The van der Waals surface area contributed by atoms with Gasteiger partial charge in [0.05, 0.1) is 24.2 Å². The van der Waals surface area contributed by atoms with Crippen molar-refractivity contribution in [1.29, 1.82) is 0 Å². The number of nitrogens with two attached hydrogens (primary N) is 1. The minimum absolute atomic E-state index is 0.237. The number of sulfone groups is 1. The first kappa shape index (κ1) is 15.8. The van der Waals surface area contributed by atoms with E-state index in [0.717, 1.165) is 28.4 Å². The number of halogens is 1. The zero-order chi connectivity index (χ0) is 14.9. The molecule has 0 spiro atoms. The third-order valence-electron chi connectivity index (χ3n) is 3.90. The quantitative estimate of drug-likeness (QED) is 0.898. The molecule has 0 aromatic heterocycles. The Balaban J connectivity index is 2.42. The highest BCUT2D eigenvalue weighted by Gasteiger charge is 2.35. The van der Waals surface area contributed by atoms with Gasteiger partial charge in [-0.3, -0.25) is 0 Å². The summed E-state index contributed by atoms with van der Waals surface area (Å²) in [5.41, 5.74) is 8.04. The van der Waals surface area contributed by atoms with E-state index in [0.29, 0.717) is 12.2 Å². The summed E-state index contributed by atoms with van der Waals surface area (Å²) in [6, 6.07) is 3.21. The number of ether oxygens (including phenoxy) is 1. The fraction of sp³-hybridized carbons (Fsp3) is 0.571. The molecular formula is C14H20BrNO3S. The van der Waals surface area contributed by atoms with Gasteiger partial charge < -0.3 is 10.5 Å². The predicted molar refractivity (Wildman–Crippen MR) is 83.8 cm³/mol. The normalized spacial score (nSPS) is 23.3. The van der Waals surface area contributed by atoms with Crippen molar-refractivity contribution in [3.05, 3.63) is 27.7 Å². The van der Waals surface area contributed by atoms with E-state index in [9.17, 15) is 8.42 Å². The molecule has 1 aliphatic rings. The Morgan fingerprint density at radius 2 is 2.10 bits per heavy atom. The molecule has 2 atom stereocenters. The van der Waals surface area contributed by atoms with Gasteiger partial charge in [-0.1, -0.05) is 22.4 Å². The highest BCUT2D eigenvalue weighted by atomic mass is 79.9. The summed E-state index contributed by atoms with van der Waals surface area (Å²) >= 11 is 3.47. The van der Waals surface area contributed by atoms with Gasteiger partial charge >= 0.3 is 0 Å². The summed E-state index contributed by atoms with van der Waals surface area (Å²) in [5, 5.41) is -0.514. The second kappa shape index (κ2) is 6.03. The maximum absolute atomic E-state index is 12.2. The van der Waals surface area contributed by atoms with E-state index in [4.69, 9.17) is 10.5 Å². The molecule has 112 valence electrons. The molecule has 6 heteroatoms. The van der Waals surface area contributed by atoms with Crippen LogP contribution in [0.25, 0.3) is 0 Å². The number of hydrogen-bond donors (Lipinski definition) is 1. The van der Waals surface area contributed by atoms with Crippen LogP contribution < -0.4 is 10.5 Å². The van der Waals surface area contributed by atoms with Crippen LogP contribution in [0.4, 0.5) is 0 Å². The van der Waals surface area contributed by atoms with Gasteiger partial charge in [0.25, 0.3) is 0 Å². The summed E-state index contributed by atoms with van der Waals surface area (Å²) in [7, 11) is -1.54. The predicted octanol–water partition coefficient (Wildman–Crippen LogP) is 2.73. The van der Waals surface area contributed by atoms with Crippen LogP contribution in [0.5, 0.6) is 5.75 Å². The van der Waals surface area contributed by atoms with Crippen LogP contribution in [0.1, 0.15) is 36.4 Å². The molecular weight excluding hydrogens is 342 g/mol. The Morgan fingerprint density at radius 3 is 2.70 bits per heavy atom. The fourth-order valence-corrected chi connectivity index (χ4v) is 5.08. The van der Waals surface area contributed by atoms with Crippen molar-refractivity contribution in [3.63, 3.8) is 0 Å². The maximum Gasteiger partial charge on any atom is 0.155 e. The summed E-state index contributed by atoms with van der Waals surface area (Å²) in [6.45, 7) is 1.96. The van der Waals surface area contributed by atoms with E-state index in [1.54, 1.807) is 7.11 Å². The zero-order valence-electron chi connectivity index (χ0n) is 11.7. The molecule has 0 radical (unpaired) electrons. The number of methoxy groups -OCH3 is 1. The van der Waals surface area contributed by atoms with Crippen LogP contribution in [-0.4, -0.2) is 26.5 Å². The smallest absolute Gasteiger partial charge is 0.155 e. The SMILES string of the molecule is COc1cc(C)c(Br)cc1C(N)C1CCCCS1(=O)=O. The Bertz CT molecular complexity index is 601. The lowest BCUT2D eigenvalue weighted by molar-refractivity contribution is 0.401. The summed E-state index contributed by atoms with van der Waals surface area (Å²) in [6.07, 6.45) is 2.27. The lowest BCUT2D eigenvalue weighted by Gasteiger charge is -2.29. The van der Waals surface area contributed by atoms with E-state index in [1.807, 2.05) is 19.1 Å². The van der Waals surface area contributed by atoms with Crippen molar-refractivity contribution < 1.29 is 13.2 Å². The molecule has 0 amide bonds. The van der Waals surface area contributed by atoms with Crippen molar-refractivity contribution in [2.75, 3.05) is 12.9 Å². The van der Waals surface area contributed by atoms with Gasteiger partial charge in [0.2, 0.25) is 0 Å². The number of aryl methyl sites for hydroxylation is 1.